The number of hydrogen-bond acceptors (Lipinski definition) is 2. The molecule has 0 aliphatic heterocycles. The number of benzene rings is 10. The molecule has 2 aliphatic carbocycles. The van der Waals surface area contributed by atoms with E-state index in [1.165, 1.54) is 98.1 Å². The van der Waals surface area contributed by atoms with E-state index in [0.717, 1.165) is 17.1 Å². The zero-order valence-corrected chi connectivity index (χ0v) is 35.2. The molecule has 0 saturated heterocycles. The quantitative estimate of drug-likeness (QED) is 0.162. The zero-order valence-electron chi connectivity index (χ0n) is 34.4. The Morgan fingerprint density at radius 2 is 0.810 bits per heavy atom. The fourth-order valence-electron chi connectivity index (χ4n) is 10.8. The van der Waals surface area contributed by atoms with Crippen LogP contribution in [0.25, 0.3) is 75.8 Å². The molecule has 1 aromatic heterocycles. The van der Waals surface area contributed by atoms with Crippen LogP contribution in [0.2, 0.25) is 0 Å². The van der Waals surface area contributed by atoms with Gasteiger partial charge >= 0.3 is 0 Å². The minimum absolute atomic E-state index is 0.418. The summed E-state index contributed by atoms with van der Waals surface area (Å²) in [6.07, 6.45) is 0. The van der Waals surface area contributed by atoms with E-state index in [9.17, 15) is 0 Å². The Labute approximate surface area is 371 Å². The Balaban J connectivity index is 1.08. The monoisotopic (exact) mass is 817 g/mol. The molecule has 0 unspecified atom stereocenters. The molecule has 1 heterocycles. The Hall–Kier alpha value is -7.78. The highest BCUT2D eigenvalue weighted by molar-refractivity contribution is 7.26. The summed E-state index contributed by atoms with van der Waals surface area (Å²) in [6, 6.07) is 87.8. The first-order valence-electron chi connectivity index (χ1n) is 21.8. The van der Waals surface area contributed by atoms with E-state index in [0.29, 0.717) is 0 Å². The molecule has 10 aromatic carbocycles. The van der Waals surface area contributed by atoms with Crippen molar-refractivity contribution in [2.45, 2.75) is 5.41 Å². The second-order valence-electron chi connectivity index (χ2n) is 16.7. The van der Waals surface area contributed by atoms with Gasteiger partial charge in [-0.25, -0.2) is 0 Å². The summed E-state index contributed by atoms with van der Waals surface area (Å²) in [5.74, 6) is 0. The number of thiophene rings is 1. The van der Waals surface area contributed by atoms with Crippen molar-refractivity contribution in [3.63, 3.8) is 0 Å². The van der Waals surface area contributed by atoms with Gasteiger partial charge in [0.2, 0.25) is 0 Å². The first kappa shape index (κ1) is 35.9. The molecular weight excluding hydrogens is 779 g/mol. The molecule has 11 aromatic rings. The molecule has 2 heteroatoms. The van der Waals surface area contributed by atoms with Gasteiger partial charge in [0.25, 0.3) is 0 Å². The average Bonchev–Trinajstić information content (AvgIpc) is 3.99. The van der Waals surface area contributed by atoms with Crippen molar-refractivity contribution < 1.29 is 0 Å². The maximum absolute atomic E-state index is 2.52. The first-order valence-corrected chi connectivity index (χ1v) is 22.6. The van der Waals surface area contributed by atoms with Gasteiger partial charge in [0.05, 0.1) is 21.5 Å². The maximum atomic E-state index is 2.52. The van der Waals surface area contributed by atoms with Crippen LogP contribution in [0.15, 0.2) is 237 Å². The Morgan fingerprint density at radius 3 is 1.48 bits per heavy atom. The lowest BCUT2D eigenvalue weighted by molar-refractivity contribution is 0.794. The summed E-state index contributed by atoms with van der Waals surface area (Å²) < 4.78 is 2.54. The van der Waals surface area contributed by atoms with E-state index in [1.807, 2.05) is 11.3 Å². The minimum Gasteiger partial charge on any atom is -0.308 e. The van der Waals surface area contributed by atoms with Crippen molar-refractivity contribution in [1.82, 2.24) is 0 Å². The van der Waals surface area contributed by atoms with E-state index >= 15 is 0 Å². The molecule has 2 aliphatic rings. The predicted octanol–water partition coefficient (Wildman–Crippen LogP) is 16.9. The fourth-order valence-corrected chi connectivity index (χ4v) is 12.0. The van der Waals surface area contributed by atoms with Crippen LogP contribution in [0, 0.1) is 0 Å². The van der Waals surface area contributed by atoms with E-state index in [2.05, 4.69) is 241 Å². The minimum atomic E-state index is -0.418. The molecule has 13 rings (SSSR count). The summed E-state index contributed by atoms with van der Waals surface area (Å²) in [5, 5.41) is 2.54. The number of nitrogens with zero attached hydrogens (tertiary/aromatic N) is 1. The molecule has 0 bridgehead atoms. The van der Waals surface area contributed by atoms with E-state index in [1.54, 1.807) is 0 Å². The fraction of sp³-hybridized carbons (Fsp3) is 0.0164. The lowest BCUT2D eigenvalue weighted by atomic mass is 9.70. The van der Waals surface area contributed by atoms with Crippen LogP contribution >= 0.6 is 11.3 Å². The predicted molar refractivity (Wildman–Crippen MR) is 267 cm³/mol. The van der Waals surface area contributed by atoms with Crippen LogP contribution < -0.4 is 4.90 Å². The Bertz CT molecular complexity index is 3500. The van der Waals surface area contributed by atoms with Crippen LogP contribution in [0.1, 0.15) is 22.3 Å². The molecule has 0 fully saturated rings. The lowest BCUT2D eigenvalue weighted by Crippen LogP contribution is -2.25. The number of rotatable bonds is 6. The second kappa shape index (κ2) is 14.1. The van der Waals surface area contributed by atoms with Gasteiger partial charge in [0, 0.05) is 26.7 Å². The molecular formula is C61H39NS. The van der Waals surface area contributed by atoms with Gasteiger partial charge in [-0.3, -0.25) is 0 Å². The van der Waals surface area contributed by atoms with Gasteiger partial charge in [0.15, 0.2) is 0 Å². The topological polar surface area (TPSA) is 3.24 Å². The standard InChI is InChI=1S/C61H39NS/c1-3-17-40(18-4-1)41-31-34-45(35-32-41)62(57-29-15-10-21-46(57)42-19-5-2-6-20-42)58-39-44(37-52-51-25-11-16-30-59(51)63-60(52)58)43-33-36-50-49-24-9-14-28-55(49)61(56(50)38-43)53-26-12-7-22-47(53)48-23-8-13-27-54(48)61/h1-39H. The van der Waals surface area contributed by atoms with E-state index < -0.39 is 5.41 Å². The van der Waals surface area contributed by atoms with Crippen LogP contribution in [-0.4, -0.2) is 0 Å². The number of hydrogen-bond donors (Lipinski definition) is 0. The van der Waals surface area contributed by atoms with Crippen molar-refractivity contribution in [2.24, 2.45) is 0 Å². The van der Waals surface area contributed by atoms with Crippen LogP contribution in [0.4, 0.5) is 17.1 Å². The van der Waals surface area contributed by atoms with Crippen LogP contribution in [0.5, 0.6) is 0 Å². The highest BCUT2D eigenvalue weighted by Crippen LogP contribution is 2.63. The van der Waals surface area contributed by atoms with E-state index in [4.69, 9.17) is 0 Å². The van der Waals surface area contributed by atoms with Gasteiger partial charge in [0.1, 0.15) is 0 Å². The van der Waals surface area contributed by atoms with Crippen molar-refractivity contribution >= 4 is 48.6 Å². The first-order chi connectivity index (χ1) is 31.3. The normalized spacial score (nSPS) is 12.9. The Morgan fingerprint density at radius 1 is 0.302 bits per heavy atom. The van der Waals surface area contributed by atoms with Gasteiger partial charge in [-0.15, -0.1) is 11.3 Å². The summed E-state index contributed by atoms with van der Waals surface area (Å²) >= 11 is 1.88. The Kier molecular flexibility index (Phi) is 8.06. The molecule has 1 spiro atoms. The summed E-state index contributed by atoms with van der Waals surface area (Å²) in [7, 11) is 0. The van der Waals surface area contributed by atoms with Crippen LogP contribution in [-0.2, 0) is 5.41 Å². The highest BCUT2D eigenvalue weighted by atomic mass is 32.1. The van der Waals surface area contributed by atoms with Crippen molar-refractivity contribution in [3.05, 3.63) is 259 Å². The van der Waals surface area contributed by atoms with E-state index in [-0.39, 0.29) is 0 Å². The zero-order chi connectivity index (χ0) is 41.5. The van der Waals surface area contributed by atoms with Gasteiger partial charge in [-0.1, -0.05) is 194 Å². The van der Waals surface area contributed by atoms with Gasteiger partial charge in [-0.2, -0.15) is 0 Å². The number of fused-ring (bicyclic) bond motifs is 13. The largest absolute Gasteiger partial charge is 0.308 e. The third-order valence-corrected chi connectivity index (χ3v) is 14.7. The van der Waals surface area contributed by atoms with Gasteiger partial charge < -0.3 is 4.90 Å². The molecule has 0 saturated carbocycles. The number of para-hydroxylation sites is 1. The SMILES string of the molecule is c1ccc(-c2ccc(N(c3ccccc3-c3ccccc3)c3cc(-c4ccc5c(c4)C4(c6ccccc6-c6ccccc64)c4ccccc4-5)cc4c3sc3ccccc34)cc2)cc1. The third-order valence-electron chi connectivity index (χ3n) is 13.5. The second-order valence-corrected chi connectivity index (χ2v) is 17.8. The molecule has 294 valence electrons. The maximum Gasteiger partial charge on any atom is 0.0725 e. The van der Waals surface area contributed by atoms with Crippen molar-refractivity contribution in [2.75, 3.05) is 4.90 Å². The third kappa shape index (κ3) is 5.35. The van der Waals surface area contributed by atoms with Crippen molar-refractivity contribution in [1.29, 1.82) is 0 Å². The summed E-state index contributed by atoms with van der Waals surface area (Å²) in [4.78, 5) is 2.51. The van der Waals surface area contributed by atoms with Crippen LogP contribution in [0.3, 0.4) is 0 Å². The average molecular weight is 818 g/mol. The summed E-state index contributed by atoms with van der Waals surface area (Å²) in [6.45, 7) is 0. The molecule has 0 radical (unpaired) electrons. The highest BCUT2D eigenvalue weighted by Gasteiger charge is 2.51. The molecule has 0 atom stereocenters. The molecule has 0 N–H and O–H groups in total. The van der Waals surface area contributed by atoms with Gasteiger partial charge in [-0.05, 0) is 115 Å². The molecule has 63 heavy (non-hydrogen) atoms. The summed E-state index contributed by atoms with van der Waals surface area (Å²) in [5.41, 5.74) is 20.8. The smallest absolute Gasteiger partial charge is 0.0725 e. The van der Waals surface area contributed by atoms with Crippen molar-refractivity contribution in [3.8, 4) is 55.6 Å². The lowest BCUT2D eigenvalue weighted by Gasteiger charge is -2.31. The molecule has 1 nitrogen and oxygen atoms in total. The molecule has 0 amide bonds. The number of anilines is 3.